The van der Waals surface area contributed by atoms with Crippen LogP contribution in [0.1, 0.15) is 50.1 Å². The first-order valence-corrected chi connectivity index (χ1v) is 11.6. The molecule has 7 heteroatoms. The number of aromatic nitrogens is 2. The molecule has 1 unspecified atom stereocenters. The van der Waals surface area contributed by atoms with Crippen molar-refractivity contribution in [2.45, 2.75) is 50.5 Å². The molecular weight excluding hydrogens is 412 g/mol. The van der Waals surface area contributed by atoms with E-state index in [0.29, 0.717) is 17.4 Å². The number of amides is 1. The summed E-state index contributed by atoms with van der Waals surface area (Å²) < 4.78 is 5.76. The van der Waals surface area contributed by atoms with Crippen LogP contribution in [0.3, 0.4) is 0 Å². The van der Waals surface area contributed by atoms with Crippen LogP contribution >= 0.6 is 11.6 Å². The quantitative estimate of drug-likeness (QED) is 0.680. The summed E-state index contributed by atoms with van der Waals surface area (Å²) in [5, 5.41) is 0.700. The van der Waals surface area contributed by atoms with E-state index in [0.717, 1.165) is 68.6 Å². The van der Waals surface area contributed by atoms with E-state index in [2.05, 4.69) is 4.98 Å². The summed E-state index contributed by atoms with van der Waals surface area (Å²) in [5.74, 6) is 1.21. The van der Waals surface area contributed by atoms with Gasteiger partial charge in [0.05, 0.1) is 18.2 Å². The maximum Gasteiger partial charge on any atom is 0.225 e. The number of carbonyl (C=O) groups excluding carboxylic acids is 1. The van der Waals surface area contributed by atoms with Gasteiger partial charge >= 0.3 is 0 Å². The highest BCUT2D eigenvalue weighted by Crippen LogP contribution is 2.35. The molecule has 0 radical (unpaired) electrons. The predicted octanol–water partition coefficient (Wildman–Crippen LogP) is 4.53. The highest BCUT2D eigenvalue weighted by atomic mass is 35.5. The monoisotopic (exact) mass is 442 g/mol. The molecule has 1 aromatic carbocycles. The van der Waals surface area contributed by atoms with Crippen molar-refractivity contribution in [3.8, 4) is 11.1 Å². The van der Waals surface area contributed by atoms with Crippen molar-refractivity contribution in [2.75, 3.05) is 38.7 Å². The van der Waals surface area contributed by atoms with Gasteiger partial charge in [-0.3, -0.25) is 4.79 Å². The first-order valence-electron chi connectivity index (χ1n) is 11.2. The van der Waals surface area contributed by atoms with Crippen LogP contribution in [0.15, 0.2) is 30.5 Å². The van der Waals surface area contributed by atoms with Gasteiger partial charge in [0.2, 0.25) is 11.9 Å². The van der Waals surface area contributed by atoms with Crippen molar-refractivity contribution in [3.63, 3.8) is 0 Å². The summed E-state index contributed by atoms with van der Waals surface area (Å²) in [6.45, 7) is 2.30. The topological polar surface area (TPSA) is 58.6 Å². The lowest BCUT2D eigenvalue weighted by Gasteiger charge is -2.34. The maximum absolute atomic E-state index is 12.8. The van der Waals surface area contributed by atoms with Gasteiger partial charge in [-0.15, -0.1) is 0 Å². The second-order valence-corrected chi connectivity index (χ2v) is 9.16. The van der Waals surface area contributed by atoms with Crippen molar-refractivity contribution in [2.24, 2.45) is 0 Å². The van der Waals surface area contributed by atoms with Gasteiger partial charge in [0, 0.05) is 56.5 Å². The molecule has 0 bridgehead atoms. The Kier molecular flexibility index (Phi) is 7.08. The molecule has 0 aliphatic carbocycles. The first-order chi connectivity index (χ1) is 15.0. The summed E-state index contributed by atoms with van der Waals surface area (Å²) in [5.41, 5.74) is 3.10. The second-order valence-electron chi connectivity index (χ2n) is 8.72. The Labute approximate surface area is 189 Å². The normalized spacial score (nSPS) is 20.0. The zero-order valence-corrected chi connectivity index (χ0v) is 19.1. The molecule has 1 aromatic heterocycles. The van der Waals surface area contributed by atoms with Crippen molar-refractivity contribution in [1.82, 2.24) is 14.9 Å². The molecule has 166 valence electrons. The zero-order valence-electron chi connectivity index (χ0n) is 18.4. The van der Waals surface area contributed by atoms with Gasteiger partial charge in [0.25, 0.3) is 0 Å². The number of hydrogen-bond acceptors (Lipinski definition) is 5. The van der Waals surface area contributed by atoms with E-state index in [1.54, 1.807) is 0 Å². The smallest absolute Gasteiger partial charge is 0.225 e. The minimum absolute atomic E-state index is 0.0953. The molecule has 0 saturated carbocycles. The lowest BCUT2D eigenvalue weighted by Crippen LogP contribution is -2.40. The lowest BCUT2D eigenvalue weighted by molar-refractivity contribution is -0.136. The molecule has 0 N–H and O–H groups in total. The van der Waals surface area contributed by atoms with E-state index in [9.17, 15) is 4.79 Å². The Balaban J connectivity index is 1.49. The van der Waals surface area contributed by atoms with E-state index in [1.165, 1.54) is 0 Å². The fourth-order valence-electron chi connectivity index (χ4n) is 4.48. The first kappa shape index (κ1) is 22.0. The number of anilines is 1. The average molecular weight is 443 g/mol. The van der Waals surface area contributed by atoms with E-state index in [4.69, 9.17) is 21.3 Å². The molecular formula is C24H31ClN4O2. The lowest BCUT2D eigenvalue weighted by atomic mass is 9.88. The molecule has 1 atom stereocenters. The Morgan fingerprint density at radius 3 is 2.71 bits per heavy atom. The summed E-state index contributed by atoms with van der Waals surface area (Å²) in [6.07, 6.45) is 7.58. The SMILES string of the molecule is CN(C)c1ncc(-c2cccc(Cl)c2)c(C2CCN(C(=O)CC3CCCCO3)CC2)n1. The minimum atomic E-state index is 0.0953. The molecule has 6 nitrogen and oxygen atoms in total. The van der Waals surface area contributed by atoms with Crippen LogP contribution in [-0.4, -0.2) is 60.7 Å². The minimum Gasteiger partial charge on any atom is -0.378 e. The van der Waals surface area contributed by atoms with E-state index >= 15 is 0 Å². The number of ether oxygens (including phenoxy) is 1. The van der Waals surface area contributed by atoms with Crippen LogP contribution in [0.4, 0.5) is 5.95 Å². The molecule has 2 fully saturated rings. The van der Waals surface area contributed by atoms with Crippen LogP contribution in [0.5, 0.6) is 0 Å². The van der Waals surface area contributed by atoms with Gasteiger partial charge in [-0.25, -0.2) is 9.97 Å². The Hall–Kier alpha value is -2.18. The summed E-state index contributed by atoms with van der Waals surface area (Å²) >= 11 is 6.25. The molecule has 4 rings (SSSR count). The molecule has 31 heavy (non-hydrogen) atoms. The number of piperidine rings is 1. The largest absolute Gasteiger partial charge is 0.378 e. The zero-order chi connectivity index (χ0) is 21.8. The van der Waals surface area contributed by atoms with Crippen molar-refractivity contribution in [3.05, 3.63) is 41.2 Å². The van der Waals surface area contributed by atoms with Crippen molar-refractivity contribution < 1.29 is 9.53 Å². The number of carbonyl (C=O) groups is 1. The van der Waals surface area contributed by atoms with Gasteiger partial charge in [-0.1, -0.05) is 23.7 Å². The fourth-order valence-corrected chi connectivity index (χ4v) is 4.68. The molecule has 2 aliphatic rings. The Bertz CT molecular complexity index is 906. The van der Waals surface area contributed by atoms with Gasteiger partial charge in [0.1, 0.15) is 0 Å². The number of benzene rings is 1. The van der Waals surface area contributed by atoms with Crippen LogP contribution in [0.25, 0.3) is 11.1 Å². The molecule has 3 heterocycles. The van der Waals surface area contributed by atoms with Gasteiger partial charge < -0.3 is 14.5 Å². The van der Waals surface area contributed by atoms with Crippen LogP contribution < -0.4 is 4.90 Å². The van der Waals surface area contributed by atoms with E-state index in [1.807, 2.05) is 54.4 Å². The van der Waals surface area contributed by atoms with Gasteiger partial charge in [-0.2, -0.15) is 0 Å². The molecule has 2 saturated heterocycles. The molecule has 2 aromatic rings. The summed E-state index contributed by atoms with van der Waals surface area (Å²) in [7, 11) is 3.90. The van der Waals surface area contributed by atoms with Crippen LogP contribution in [-0.2, 0) is 9.53 Å². The van der Waals surface area contributed by atoms with E-state index < -0.39 is 0 Å². The Morgan fingerprint density at radius 1 is 1.23 bits per heavy atom. The summed E-state index contributed by atoms with van der Waals surface area (Å²) in [4.78, 5) is 26.2. The van der Waals surface area contributed by atoms with Gasteiger partial charge in [0.15, 0.2) is 0 Å². The number of halogens is 1. The van der Waals surface area contributed by atoms with Crippen molar-refractivity contribution >= 4 is 23.5 Å². The van der Waals surface area contributed by atoms with Crippen LogP contribution in [0.2, 0.25) is 5.02 Å². The molecule has 2 aliphatic heterocycles. The number of hydrogen-bond donors (Lipinski definition) is 0. The second kappa shape index (κ2) is 9.96. The molecule has 1 amide bonds. The van der Waals surface area contributed by atoms with Crippen LogP contribution in [0, 0.1) is 0 Å². The number of rotatable bonds is 5. The Morgan fingerprint density at radius 2 is 2.03 bits per heavy atom. The van der Waals surface area contributed by atoms with E-state index in [-0.39, 0.29) is 17.9 Å². The fraction of sp³-hybridized carbons (Fsp3) is 0.542. The highest BCUT2D eigenvalue weighted by molar-refractivity contribution is 6.30. The third kappa shape index (κ3) is 5.36. The van der Waals surface area contributed by atoms with Crippen molar-refractivity contribution in [1.29, 1.82) is 0 Å². The predicted molar refractivity (Wildman–Crippen MR) is 124 cm³/mol. The number of nitrogens with zero attached hydrogens (tertiary/aromatic N) is 4. The third-order valence-corrected chi connectivity index (χ3v) is 6.49. The molecule has 0 spiro atoms. The number of likely N-dealkylation sites (tertiary alicyclic amines) is 1. The van der Waals surface area contributed by atoms with Gasteiger partial charge in [-0.05, 0) is 49.8 Å². The maximum atomic E-state index is 12.8. The highest BCUT2D eigenvalue weighted by Gasteiger charge is 2.29. The standard InChI is InChI=1S/C24H31ClN4O2/c1-28(2)24-26-16-21(18-6-5-7-19(25)14-18)23(27-24)17-9-11-29(12-10-17)22(30)15-20-8-3-4-13-31-20/h5-7,14,16-17,20H,3-4,8-13,15H2,1-2H3. The summed E-state index contributed by atoms with van der Waals surface area (Å²) in [6, 6.07) is 7.84. The third-order valence-electron chi connectivity index (χ3n) is 6.25. The average Bonchev–Trinajstić information content (AvgIpc) is 2.79.